The van der Waals surface area contributed by atoms with Gasteiger partial charge in [0.05, 0.1) is 5.92 Å². The van der Waals surface area contributed by atoms with Gasteiger partial charge in [0.15, 0.2) is 5.78 Å². The zero-order chi connectivity index (χ0) is 32.6. The number of allylic oxidation sites excluding steroid dienone is 4. The molecule has 0 aromatic heterocycles. The van der Waals surface area contributed by atoms with Crippen molar-refractivity contribution in [1.82, 2.24) is 0 Å². The first-order valence-electron chi connectivity index (χ1n) is 19.3. The van der Waals surface area contributed by atoms with Gasteiger partial charge in [-0.1, -0.05) is 148 Å². The topological polar surface area (TPSA) is 86.2 Å². The molecule has 4 nitrogen and oxygen atoms in total. The number of hydrogen-bond donors (Lipinski definition) is 2. The van der Waals surface area contributed by atoms with Crippen LogP contribution in [0.4, 0.5) is 0 Å². The quantitative estimate of drug-likeness (QED) is 0.0428. The zero-order valence-electron chi connectivity index (χ0n) is 29.9. The first-order valence-corrected chi connectivity index (χ1v) is 19.3. The lowest BCUT2D eigenvalue weighted by molar-refractivity contribution is -0.134. The van der Waals surface area contributed by atoms with Gasteiger partial charge in [0, 0.05) is 12.8 Å². The molecule has 1 atom stereocenters. The van der Waals surface area contributed by atoms with Gasteiger partial charge in [-0.05, 0) is 70.6 Å². The van der Waals surface area contributed by atoms with E-state index >= 15 is 0 Å². The number of unbranched alkanes of at least 4 members (excludes halogenated alkanes) is 22. The second kappa shape index (κ2) is 31.7. The van der Waals surface area contributed by atoms with Crippen molar-refractivity contribution in [3.8, 4) is 0 Å². The summed E-state index contributed by atoms with van der Waals surface area (Å²) < 4.78 is 0. The third-order valence-corrected chi connectivity index (χ3v) is 9.21. The molecule has 0 amide bonds. The summed E-state index contributed by atoms with van der Waals surface area (Å²) in [5.41, 5.74) is 11.1. The highest BCUT2D eigenvalue weighted by Gasteiger charge is 2.40. The molecule has 44 heavy (non-hydrogen) atoms. The number of carbonyl (C=O) groups excluding carboxylic acids is 2. The van der Waals surface area contributed by atoms with E-state index < -0.39 is 11.6 Å². The highest BCUT2D eigenvalue weighted by atomic mass is 16.1. The second-order valence-electron chi connectivity index (χ2n) is 13.5. The molecule has 0 saturated carbocycles. The first-order chi connectivity index (χ1) is 21.4. The van der Waals surface area contributed by atoms with Gasteiger partial charge in [-0.2, -0.15) is 0 Å². The highest BCUT2D eigenvalue weighted by molar-refractivity contribution is 5.95. The molecule has 0 saturated heterocycles. The van der Waals surface area contributed by atoms with Crippen molar-refractivity contribution in [3.63, 3.8) is 0 Å². The molecular weight excluding hydrogens is 540 g/mol. The fourth-order valence-electron chi connectivity index (χ4n) is 6.14. The molecule has 0 heterocycles. The minimum atomic E-state index is -1.53. The lowest BCUT2D eigenvalue weighted by Crippen LogP contribution is -2.63. The van der Waals surface area contributed by atoms with Crippen LogP contribution in [0.2, 0.25) is 0 Å². The Bertz CT molecular complexity index is 712. The van der Waals surface area contributed by atoms with E-state index in [9.17, 15) is 9.59 Å². The van der Waals surface area contributed by atoms with Crippen LogP contribution in [-0.2, 0) is 9.59 Å². The Morgan fingerprint density at radius 1 is 0.477 bits per heavy atom. The summed E-state index contributed by atoms with van der Waals surface area (Å²) in [4.78, 5) is 25.8. The third-order valence-electron chi connectivity index (χ3n) is 9.21. The van der Waals surface area contributed by atoms with Crippen molar-refractivity contribution >= 4 is 11.6 Å². The molecule has 1 unspecified atom stereocenters. The summed E-state index contributed by atoms with van der Waals surface area (Å²) in [6.45, 7) is 6.45. The van der Waals surface area contributed by atoms with Crippen LogP contribution in [0.5, 0.6) is 0 Å². The summed E-state index contributed by atoms with van der Waals surface area (Å²) in [6, 6.07) is 0. The normalized spacial score (nSPS) is 12.9. The molecule has 0 aliphatic heterocycles. The fraction of sp³-hybridized carbons (Fsp3) is 0.850. The van der Waals surface area contributed by atoms with E-state index in [0.29, 0.717) is 19.3 Å². The van der Waals surface area contributed by atoms with Crippen LogP contribution in [-0.4, -0.2) is 17.2 Å². The highest BCUT2D eigenvalue weighted by Crippen LogP contribution is 2.22. The van der Waals surface area contributed by atoms with E-state index in [4.69, 9.17) is 11.5 Å². The maximum atomic E-state index is 12.9. The van der Waals surface area contributed by atoms with Crippen LogP contribution >= 0.6 is 0 Å². The van der Waals surface area contributed by atoms with Gasteiger partial charge in [-0.15, -0.1) is 0 Å². The van der Waals surface area contributed by atoms with Crippen LogP contribution < -0.4 is 11.5 Å². The van der Waals surface area contributed by atoms with Crippen LogP contribution in [0, 0.1) is 5.92 Å². The summed E-state index contributed by atoms with van der Waals surface area (Å²) >= 11 is 0. The molecule has 0 radical (unpaired) electrons. The molecule has 258 valence electrons. The third kappa shape index (κ3) is 25.0. The SMILES string of the molecule is CCCCCCCC/C=C\CCCCCCCC(=O)C(CC)C(N)(N)C(=O)CCCCCCC/C=C\CCCCCCCC. The molecule has 4 heteroatoms. The van der Waals surface area contributed by atoms with E-state index in [0.717, 1.165) is 51.4 Å². The van der Waals surface area contributed by atoms with Crippen molar-refractivity contribution in [3.05, 3.63) is 24.3 Å². The molecule has 0 spiro atoms. The zero-order valence-corrected chi connectivity index (χ0v) is 29.9. The van der Waals surface area contributed by atoms with Crippen LogP contribution in [0.3, 0.4) is 0 Å². The van der Waals surface area contributed by atoms with Crippen LogP contribution in [0.25, 0.3) is 0 Å². The number of Topliss-reactive ketones (excluding diaryl/α,β-unsaturated/α-hetero) is 2. The molecular formula is C40H76N2O2. The van der Waals surface area contributed by atoms with Gasteiger partial charge < -0.3 is 11.5 Å². The van der Waals surface area contributed by atoms with Gasteiger partial charge in [-0.25, -0.2) is 0 Å². The minimum Gasteiger partial charge on any atom is -0.307 e. The lowest BCUT2D eigenvalue weighted by Gasteiger charge is -2.31. The van der Waals surface area contributed by atoms with Gasteiger partial charge in [0.2, 0.25) is 0 Å². The summed E-state index contributed by atoms with van der Waals surface area (Å²) in [6.07, 6.45) is 42.7. The van der Waals surface area contributed by atoms with Crippen molar-refractivity contribution < 1.29 is 9.59 Å². The van der Waals surface area contributed by atoms with E-state index in [1.54, 1.807) is 0 Å². The van der Waals surface area contributed by atoms with E-state index in [-0.39, 0.29) is 11.6 Å². The Hall–Kier alpha value is -1.26. The largest absolute Gasteiger partial charge is 0.307 e. The summed E-state index contributed by atoms with van der Waals surface area (Å²) in [5, 5.41) is 0. The number of carbonyl (C=O) groups is 2. The molecule has 0 aromatic carbocycles. The predicted molar refractivity (Wildman–Crippen MR) is 194 cm³/mol. The summed E-state index contributed by atoms with van der Waals surface area (Å²) in [7, 11) is 0. The van der Waals surface area contributed by atoms with Crippen LogP contribution in [0.1, 0.15) is 207 Å². The molecule has 0 aromatic rings. The van der Waals surface area contributed by atoms with Crippen LogP contribution in [0.15, 0.2) is 24.3 Å². The number of hydrogen-bond acceptors (Lipinski definition) is 4. The molecule has 4 N–H and O–H groups in total. The second-order valence-corrected chi connectivity index (χ2v) is 13.5. The summed E-state index contributed by atoms with van der Waals surface area (Å²) in [5.74, 6) is -0.664. The molecule has 0 aliphatic carbocycles. The Balaban J connectivity index is 3.89. The minimum absolute atomic E-state index is 0.0630. The van der Waals surface area contributed by atoms with Crippen molar-refractivity contribution in [1.29, 1.82) is 0 Å². The number of ketones is 2. The molecule has 0 rings (SSSR count). The van der Waals surface area contributed by atoms with E-state index in [1.807, 2.05) is 6.92 Å². The maximum absolute atomic E-state index is 12.9. The lowest BCUT2D eigenvalue weighted by atomic mass is 9.81. The van der Waals surface area contributed by atoms with Crippen molar-refractivity contribution in [2.75, 3.05) is 0 Å². The Morgan fingerprint density at radius 3 is 1.16 bits per heavy atom. The van der Waals surface area contributed by atoms with Gasteiger partial charge >= 0.3 is 0 Å². The maximum Gasteiger partial charge on any atom is 0.167 e. The van der Waals surface area contributed by atoms with E-state index in [1.165, 1.54) is 116 Å². The van der Waals surface area contributed by atoms with Crippen molar-refractivity contribution in [2.45, 2.75) is 213 Å². The smallest absolute Gasteiger partial charge is 0.167 e. The van der Waals surface area contributed by atoms with E-state index in [2.05, 4.69) is 38.2 Å². The average Bonchev–Trinajstić information content (AvgIpc) is 3.01. The van der Waals surface area contributed by atoms with Crippen molar-refractivity contribution in [2.24, 2.45) is 17.4 Å². The van der Waals surface area contributed by atoms with Gasteiger partial charge in [0.25, 0.3) is 0 Å². The fourth-order valence-corrected chi connectivity index (χ4v) is 6.14. The van der Waals surface area contributed by atoms with Gasteiger partial charge in [0.1, 0.15) is 11.4 Å². The van der Waals surface area contributed by atoms with Gasteiger partial charge in [-0.3, -0.25) is 9.59 Å². The Kier molecular flexibility index (Phi) is 30.8. The number of rotatable bonds is 34. The number of nitrogens with two attached hydrogens (primary N) is 2. The standard InChI is InChI=1S/C40H76N2O2/c1-4-7-9-11-13-15-17-19-21-23-25-27-29-31-33-35-38(43)37(6-3)40(41,42)39(44)36-34-32-30-28-26-24-22-20-18-16-14-12-10-8-5-2/h19-22,37H,4-18,23-36,41-42H2,1-3H3/b21-19-,22-20-. The predicted octanol–water partition coefficient (Wildman–Crippen LogP) is 11.8. The molecule has 0 bridgehead atoms. The molecule has 0 fully saturated rings. The monoisotopic (exact) mass is 617 g/mol. The average molecular weight is 617 g/mol. The molecule has 0 aliphatic rings. The Labute approximate surface area is 275 Å². The first kappa shape index (κ1) is 42.7. The Morgan fingerprint density at radius 2 is 0.795 bits per heavy atom.